The summed E-state index contributed by atoms with van der Waals surface area (Å²) in [6.45, 7) is 7.98. The Balaban J connectivity index is 2.84. The molecule has 2 N–H and O–H groups in total. The molecule has 0 aliphatic rings. The zero-order valence-electron chi connectivity index (χ0n) is 14.2. The van der Waals surface area contributed by atoms with Gasteiger partial charge >= 0.3 is 6.09 Å². The first-order chi connectivity index (χ1) is 10.3. The zero-order valence-corrected chi connectivity index (χ0v) is 14.2. The van der Waals surface area contributed by atoms with E-state index in [-0.39, 0.29) is 6.61 Å². The largest absolute Gasteiger partial charge is 0.444 e. The second-order valence-corrected chi connectivity index (χ2v) is 6.76. The van der Waals surface area contributed by atoms with Crippen molar-refractivity contribution in [3.05, 3.63) is 35.9 Å². The van der Waals surface area contributed by atoms with Crippen LogP contribution in [0.4, 0.5) is 4.79 Å². The number of aliphatic hydroxyl groups excluding tert-OH is 1. The van der Waals surface area contributed by atoms with Gasteiger partial charge in [-0.05, 0) is 32.8 Å². The normalized spacial score (nSPS) is 14.2. The van der Waals surface area contributed by atoms with Gasteiger partial charge in [-0.1, -0.05) is 50.1 Å². The van der Waals surface area contributed by atoms with Gasteiger partial charge in [0.2, 0.25) is 0 Å². The van der Waals surface area contributed by atoms with Crippen molar-refractivity contribution in [3.63, 3.8) is 0 Å². The van der Waals surface area contributed by atoms with Crippen molar-refractivity contribution in [3.8, 4) is 0 Å². The lowest BCUT2D eigenvalue weighted by atomic mass is 9.77. The first kappa shape index (κ1) is 18.5. The van der Waals surface area contributed by atoms with Crippen LogP contribution in [0, 0.1) is 0 Å². The number of nitrogens with one attached hydrogen (secondary N) is 1. The molecule has 0 fully saturated rings. The van der Waals surface area contributed by atoms with Crippen LogP contribution in [0.25, 0.3) is 0 Å². The van der Waals surface area contributed by atoms with Crippen LogP contribution >= 0.6 is 0 Å². The molecule has 22 heavy (non-hydrogen) atoms. The minimum atomic E-state index is -0.526. The summed E-state index contributed by atoms with van der Waals surface area (Å²) in [4.78, 5) is 11.9. The van der Waals surface area contributed by atoms with Gasteiger partial charge in [0.1, 0.15) is 5.60 Å². The Hall–Kier alpha value is -1.55. The smallest absolute Gasteiger partial charge is 0.407 e. The Kier molecular flexibility index (Phi) is 6.88. The van der Waals surface area contributed by atoms with Gasteiger partial charge < -0.3 is 15.2 Å². The Morgan fingerprint density at radius 3 is 2.36 bits per heavy atom. The molecule has 4 nitrogen and oxygen atoms in total. The maximum atomic E-state index is 11.9. The van der Waals surface area contributed by atoms with Gasteiger partial charge in [-0.25, -0.2) is 4.79 Å². The summed E-state index contributed by atoms with van der Waals surface area (Å²) < 4.78 is 5.29. The average Bonchev–Trinajstić information content (AvgIpc) is 2.47. The molecule has 1 rings (SSSR count). The third kappa shape index (κ3) is 5.68. The Morgan fingerprint density at radius 1 is 1.23 bits per heavy atom. The highest BCUT2D eigenvalue weighted by molar-refractivity contribution is 5.67. The van der Waals surface area contributed by atoms with Crippen LogP contribution in [0.15, 0.2) is 30.3 Å². The molecule has 1 aromatic rings. The Bertz CT molecular complexity index is 453. The number of carbonyl (C=O) groups is 1. The van der Waals surface area contributed by atoms with E-state index < -0.39 is 17.1 Å². The summed E-state index contributed by atoms with van der Waals surface area (Å²) in [7, 11) is 0. The summed E-state index contributed by atoms with van der Waals surface area (Å²) in [5, 5.41) is 12.8. The molecular weight excluding hydrogens is 278 g/mol. The monoisotopic (exact) mass is 307 g/mol. The lowest BCUT2D eigenvalue weighted by Crippen LogP contribution is -2.45. The molecule has 0 aromatic heterocycles. The van der Waals surface area contributed by atoms with Gasteiger partial charge in [-0.15, -0.1) is 0 Å². The van der Waals surface area contributed by atoms with E-state index in [4.69, 9.17) is 4.74 Å². The average molecular weight is 307 g/mol. The molecule has 0 saturated carbocycles. The number of aliphatic hydroxyl groups is 1. The van der Waals surface area contributed by atoms with Gasteiger partial charge in [0, 0.05) is 12.0 Å². The van der Waals surface area contributed by atoms with Crippen molar-refractivity contribution in [2.24, 2.45) is 0 Å². The molecule has 0 aliphatic carbocycles. The fourth-order valence-corrected chi connectivity index (χ4v) is 2.42. The molecule has 124 valence electrons. The standard InChI is InChI=1S/C18H29NO3/c1-5-6-12-18(14-20,15-10-8-7-9-11-15)13-19-16(21)22-17(2,3)4/h7-11,20H,5-6,12-14H2,1-4H3,(H,19,21). The first-order valence-electron chi connectivity index (χ1n) is 7.96. The second kappa shape index (κ2) is 8.18. The molecule has 1 amide bonds. The zero-order chi connectivity index (χ0) is 16.6. The van der Waals surface area contributed by atoms with Crippen molar-refractivity contribution in [1.29, 1.82) is 0 Å². The lowest BCUT2D eigenvalue weighted by Gasteiger charge is -2.33. The number of benzene rings is 1. The van der Waals surface area contributed by atoms with E-state index in [0.29, 0.717) is 6.54 Å². The summed E-state index contributed by atoms with van der Waals surface area (Å²) in [5.74, 6) is 0. The third-order valence-corrected chi connectivity index (χ3v) is 3.67. The Labute approximate surface area is 133 Å². The molecule has 1 unspecified atom stereocenters. The maximum Gasteiger partial charge on any atom is 0.407 e. The summed E-state index contributed by atoms with van der Waals surface area (Å²) in [6, 6.07) is 9.87. The van der Waals surface area contributed by atoms with E-state index in [9.17, 15) is 9.90 Å². The van der Waals surface area contributed by atoms with Crippen molar-refractivity contribution in [2.75, 3.05) is 13.2 Å². The van der Waals surface area contributed by atoms with E-state index in [2.05, 4.69) is 12.2 Å². The number of hydrogen-bond acceptors (Lipinski definition) is 3. The minimum absolute atomic E-state index is 0.00713. The number of rotatable bonds is 7. The second-order valence-electron chi connectivity index (χ2n) is 6.76. The Morgan fingerprint density at radius 2 is 1.86 bits per heavy atom. The van der Waals surface area contributed by atoms with Gasteiger partial charge in [-0.2, -0.15) is 0 Å². The number of amides is 1. The van der Waals surface area contributed by atoms with Crippen LogP contribution in [0.1, 0.15) is 52.5 Å². The quantitative estimate of drug-likeness (QED) is 0.808. The van der Waals surface area contributed by atoms with Crippen molar-refractivity contribution < 1.29 is 14.6 Å². The van der Waals surface area contributed by atoms with Crippen molar-refractivity contribution in [1.82, 2.24) is 5.32 Å². The molecule has 0 aliphatic heterocycles. The number of carbonyl (C=O) groups excluding carboxylic acids is 1. The SMILES string of the molecule is CCCCC(CO)(CNC(=O)OC(C)(C)C)c1ccccc1. The highest BCUT2D eigenvalue weighted by Gasteiger charge is 2.32. The first-order valence-corrected chi connectivity index (χ1v) is 7.96. The van der Waals surface area contributed by atoms with Gasteiger partial charge in [0.15, 0.2) is 0 Å². The topological polar surface area (TPSA) is 58.6 Å². The van der Waals surface area contributed by atoms with Crippen LogP contribution in [0.5, 0.6) is 0 Å². The molecule has 1 aromatic carbocycles. The number of unbranched alkanes of at least 4 members (excludes halogenated alkanes) is 1. The van der Waals surface area contributed by atoms with Crippen molar-refractivity contribution >= 4 is 6.09 Å². The highest BCUT2D eigenvalue weighted by atomic mass is 16.6. The molecule has 0 saturated heterocycles. The maximum absolute atomic E-state index is 11.9. The van der Waals surface area contributed by atoms with Crippen molar-refractivity contribution in [2.45, 2.75) is 58.0 Å². The van der Waals surface area contributed by atoms with E-state index in [1.54, 1.807) is 0 Å². The van der Waals surface area contributed by atoms with E-state index in [1.807, 2.05) is 51.1 Å². The van der Waals surface area contributed by atoms with Gasteiger partial charge in [-0.3, -0.25) is 0 Å². The van der Waals surface area contributed by atoms with Crippen LogP contribution in [-0.4, -0.2) is 30.0 Å². The molecule has 0 radical (unpaired) electrons. The number of ether oxygens (including phenoxy) is 1. The van der Waals surface area contributed by atoms with E-state index in [0.717, 1.165) is 24.8 Å². The number of hydrogen-bond donors (Lipinski definition) is 2. The molecule has 0 spiro atoms. The minimum Gasteiger partial charge on any atom is -0.444 e. The summed E-state index contributed by atoms with van der Waals surface area (Å²) in [5.41, 5.74) is 0.0537. The molecule has 0 bridgehead atoms. The van der Waals surface area contributed by atoms with Crippen LogP contribution in [0.3, 0.4) is 0 Å². The van der Waals surface area contributed by atoms with Crippen LogP contribution in [-0.2, 0) is 10.2 Å². The van der Waals surface area contributed by atoms with E-state index >= 15 is 0 Å². The summed E-state index contributed by atoms with van der Waals surface area (Å²) >= 11 is 0. The highest BCUT2D eigenvalue weighted by Crippen LogP contribution is 2.29. The predicted octanol–water partition coefficient (Wildman–Crippen LogP) is 3.63. The molecule has 4 heteroatoms. The molecule has 1 atom stereocenters. The van der Waals surface area contributed by atoms with Crippen LogP contribution in [0.2, 0.25) is 0 Å². The fraction of sp³-hybridized carbons (Fsp3) is 0.611. The third-order valence-electron chi connectivity index (χ3n) is 3.67. The van der Waals surface area contributed by atoms with Gasteiger partial charge in [0.05, 0.1) is 6.61 Å². The fourth-order valence-electron chi connectivity index (χ4n) is 2.42. The molecular formula is C18H29NO3. The lowest BCUT2D eigenvalue weighted by molar-refractivity contribution is 0.0500. The van der Waals surface area contributed by atoms with Gasteiger partial charge in [0.25, 0.3) is 0 Å². The predicted molar refractivity (Wildman–Crippen MR) is 89.0 cm³/mol. The molecule has 0 heterocycles. The van der Waals surface area contributed by atoms with E-state index in [1.165, 1.54) is 0 Å². The summed E-state index contributed by atoms with van der Waals surface area (Å²) in [6.07, 6.45) is 2.41. The number of alkyl carbamates (subject to hydrolysis) is 1. The van der Waals surface area contributed by atoms with Crippen LogP contribution < -0.4 is 5.32 Å².